The minimum atomic E-state index is 0.146. The molecule has 2 heteroatoms. The number of hydrogen-bond donors (Lipinski definition) is 1. The third kappa shape index (κ3) is 4.82. The molecule has 1 aromatic carbocycles. The van der Waals surface area contributed by atoms with Crippen molar-refractivity contribution in [3.05, 3.63) is 29.8 Å². The summed E-state index contributed by atoms with van der Waals surface area (Å²) in [6, 6.07) is 8.43. The zero-order valence-corrected chi connectivity index (χ0v) is 13.0. The Morgan fingerprint density at radius 2 is 1.95 bits per heavy atom. The van der Waals surface area contributed by atoms with Gasteiger partial charge < -0.3 is 10.5 Å². The highest BCUT2D eigenvalue weighted by molar-refractivity contribution is 5.30. The summed E-state index contributed by atoms with van der Waals surface area (Å²) < 4.78 is 5.74. The van der Waals surface area contributed by atoms with Crippen LogP contribution in [0, 0.1) is 5.92 Å². The number of benzene rings is 1. The molecule has 2 N–H and O–H groups in total. The van der Waals surface area contributed by atoms with Gasteiger partial charge in [-0.05, 0) is 50.3 Å². The van der Waals surface area contributed by atoms with Crippen molar-refractivity contribution in [1.82, 2.24) is 0 Å². The Morgan fingerprint density at radius 1 is 1.20 bits per heavy atom. The Labute approximate surface area is 123 Å². The topological polar surface area (TPSA) is 35.2 Å². The fourth-order valence-electron chi connectivity index (χ4n) is 3.15. The maximum absolute atomic E-state index is 6.36. The molecule has 1 aromatic rings. The SMILES string of the molecule is CC(C)Oc1cccc(C(N)CCC2CCCCC2)c1. The lowest BCUT2D eigenvalue weighted by Gasteiger charge is -2.23. The molecule has 1 aliphatic carbocycles. The molecule has 1 unspecified atom stereocenters. The first-order valence-electron chi connectivity index (χ1n) is 8.17. The van der Waals surface area contributed by atoms with Crippen molar-refractivity contribution in [2.75, 3.05) is 0 Å². The Bertz CT molecular complexity index is 396. The molecule has 0 bridgehead atoms. The van der Waals surface area contributed by atoms with Crippen LogP contribution in [0.25, 0.3) is 0 Å². The molecule has 2 rings (SSSR count). The highest BCUT2D eigenvalue weighted by Crippen LogP contribution is 2.30. The molecule has 1 atom stereocenters. The first-order chi connectivity index (χ1) is 9.65. The maximum atomic E-state index is 6.36. The lowest BCUT2D eigenvalue weighted by atomic mass is 9.84. The number of ether oxygens (including phenoxy) is 1. The lowest BCUT2D eigenvalue weighted by molar-refractivity contribution is 0.242. The molecule has 2 nitrogen and oxygen atoms in total. The van der Waals surface area contributed by atoms with Crippen LogP contribution in [0.15, 0.2) is 24.3 Å². The van der Waals surface area contributed by atoms with Crippen molar-refractivity contribution in [3.63, 3.8) is 0 Å². The van der Waals surface area contributed by atoms with Gasteiger partial charge in [0.15, 0.2) is 0 Å². The predicted molar refractivity (Wildman–Crippen MR) is 84.9 cm³/mol. The lowest BCUT2D eigenvalue weighted by Crippen LogP contribution is -2.14. The Kier molecular flexibility index (Phi) is 5.90. The molecular weight excluding hydrogens is 246 g/mol. The number of rotatable bonds is 6. The van der Waals surface area contributed by atoms with Crippen LogP contribution in [0.5, 0.6) is 5.75 Å². The van der Waals surface area contributed by atoms with Gasteiger partial charge in [0.1, 0.15) is 5.75 Å². The van der Waals surface area contributed by atoms with Gasteiger partial charge in [0.2, 0.25) is 0 Å². The Hall–Kier alpha value is -1.02. The van der Waals surface area contributed by atoms with Gasteiger partial charge in [-0.2, -0.15) is 0 Å². The monoisotopic (exact) mass is 275 g/mol. The van der Waals surface area contributed by atoms with Gasteiger partial charge in [0, 0.05) is 6.04 Å². The van der Waals surface area contributed by atoms with E-state index in [1.165, 1.54) is 44.1 Å². The highest BCUT2D eigenvalue weighted by Gasteiger charge is 2.15. The fourth-order valence-corrected chi connectivity index (χ4v) is 3.15. The summed E-state index contributed by atoms with van der Waals surface area (Å²) in [6.07, 6.45) is 9.65. The van der Waals surface area contributed by atoms with Gasteiger partial charge in [-0.3, -0.25) is 0 Å². The van der Waals surface area contributed by atoms with E-state index in [1.54, 1.807) is 0 Å². The van der Waals surface area contributed by atoms with E-state index in [9.17, 15) is 0 Å². The van der Waals surface area contributed by atoms with Gasteiger partial charge in [0.25, 0.3) is 0 Å². The Morgan fingerprint density at radius 3 is 2.65 bits per heavy atom. The first kappa shape index (κ1) is 15.4. The highest BCUT2D eigenvalue weighted by atomic mass is 16.5. The minimum Gasteiger partial charge on any atom is -0.491 e. The molecule has 0 saturated heterocycles. The zero-order chi connectivity index (χ0) is 14.4. The van der Waals surface area contributed by atoms with E-state index in [0.29, 0.717) is 0 Å². The second-order valence-electron chi connectivity index (χ2n) is 6.43. The van der Waals surface area contributed by atoms with E-state index in [0.717, 1.165) is 18.1 Å². The summed E-state index contributed by atoms with van der Waals surface area (Å²) in [7, 11) is 0. The van der Waals surface area contributed by atoms with Gasteiger partial charge >= 0.3 is 0 Å². The van der Waals surface area contributed by atoms with E-state index in [-0.39, 0.29) is 12.1 Å². The van der Waals surface area contributed by atoms with Crippen LogP contribution in [0.1, 0.15) is 70.4 Å². The van der Waals surface area contributed by atoms with Crippen LogP contribution >= 0.6 is 0 Å². The van der Waals surface area contributed by atoms with E-state index in [1.807, 2.05) is 12.1 Å². The van der Waals surface area contributed by atoms with Crippen molar-refractivity contribution >= 4 is 0 Å². The van der Waals surface area contributed by atoms with Crippen LogP contribution in [0.4, 0.5) is 0 Å². The third-order valence-electron chi connectivity index (χ3n) is 4.27. The van der Waals surface area contributed by atoms with Crippen LogP contribution < -0.4 is 10.5 Å². The molecule has 1 saturated carbocycles. The smallest absolute Gasteiger partial charge is 0.120 e. The predicted octanol–water partition coefficient (Wildman–Crippen LogP) is 4.83. The molecule has 0 amide bonds. The number of nitrogens with two attached hydrogens (primary N) is 1. The van der Waals surface area contributed by atoms with Gasteiger partial charge in [-0.1, -0.05) is 44.2 Å². The summed E-state index contributed by atoms with van der Waals surface area (Å²) in [5.41, 5.74) is 7.56. The van der Waals surface area contributed by atoms with Gasteiger partial charge in [-0.15, -0.1) is 0 Å². The van der Waals surface area contributed by atoms with Crippen molar-refractivity contribution in [3.8, 4) is 5.75 Å². The zero-order valence-electron chi connectivity index (χ0n) is 13.0. The standard InChI is InChI=1S/C18H29NO/c1-14(2)20-17-10-6-9-16(13-17)18(19)12-11-15-7-4-3-5-8-15/h6,9-10,13-15,18H,3-5,7-8,11-12,19H2,1-2H3. The molecule has 0 heterocycles. The van der Waals surface area contributed by atoms with Crippen molar-refractivity contribution < 1.29 is 4.74 Å². The molecule has 0 radical (unpaired) electrons. The van der Waals surface area contributed by atoms with Crippen molar-refractivity contribution in [2.24, 2.45) is 11.7 Å². The van der Waals surface area contributed by atoms with Crippen molar-refractivity contribution in [1.29, 1.82) is 0 Å². The molecular formula is C18H29NO. The second kappa shape index (κ2) is 7.68. The van der Waals surface area contributed by atoms with Gasteiger partial charge in [0.05, 0.1) is 6.10 Å². The fraction of sp³-hybridized carbons (Fsp3) is 0.667. The third-order valence-corrected chi connectivity index (χ3v) is 4.27. The van der Waals surface area contributed by atoms with Crippen LogP contribution in [-0.4, -0.2) is 6.10 Å². The van der Waals surface area contributed by atoms with Crippen LogP contribution in [-0.2, 0) is 0 Å². The quantitative estimate of drug-likeness (QED) is 0.806. The molecule has 20 heavy (non-hydrogen) atoms. The summed E-state index contributed by atoms with van der Waals surface area (Å²) in [5, 5.41) is 0. The Balaban J connectivity index is 1.86. The van der Waals surface area contributed by atoms with Crippen molar-refractivity contribution in [2.45, 2.75) is 70.9 Å². The summed E-state index contributed by atoms with van der Waals surface area (Å²) in [4.78, 5) is 0. The summed E-state index contributed by atoms with van der Waals surface area (Å²) in [6.45, 7) is 4.10. The van der Waals surface area contributed by atoms with Crippen LogP contribution in [0.3, 0.4) is 0 Å². The largest absolute Gasteiger partial charge is 0.491 e. The van der Waals surface area contributed by atoms with E-state index in [4.69, 9.17) is 10.5 Å². The molecule has 0 aromatic heterocycles. The normalized spacial score (nSPS) is 18.2. The minimum absolute atomic E-state index is 0.146. The molecule has 0 aliphatic heterocycles. The summed E-state index contributed by atoms with van der Waals surface area (Å²) >= 11 is 0. The second-order valence-corrected chi connectivity index (χ2v) is 6.43. The van der Waals surface area contributed by atoms with E-state index in [2.05, 4.69) is 26.0 Å². The molecule has 112 valence electrons. The molecule has 1 aliphatic rings. The average molecular weight is 275 g/mol. The average Bonchev–Trinajstić information content (AvgIpc) is 2.45. The molecule has 0 spiro atoms. The summed E-state index contributed by atoms with van der Waals surface area (Å²) in [5.74, 6) is 1.84. The first-order valence-corrected chi connectivity index (χ1v) is 8.17. The molecule has 1 fully saturated rings. The van der Waals surface area contributed by atoms with Gasteiger partial charge in [-0.25, -0.2) is 0 Å². The van der Waals surface area contributed by atoms with E-state index < -0.39 is 0 Å². The number of hydrogen-bond acceptors (Lipinski definition) is 2. The van der Waals surface area contributed by atoms with Crippen LogP contribution in [0.2, 0.25) is 0 Å². The van der Waals surface area contributed by atoms with E-state index >= 15 is 0 Å². The maximum Gasteiger partial charge on any atom is 0.120 e.